The molecule has 0 unspecified atom stereocenters. The summed E-state index contributed by atoms with van der Waals surface area (Å²) in [5.74, 6) is 2.04. The summed E-state index contributed by atoms with van der Waals surface area (Å²) < 4.78 is 39.7. The number of sulfonamides is 1. The molecule has 2 aromatic carbocycles. The Morgan fingerprint density at radius 1 is 1.03 bits per heavy atom. The number of halogens is 2. The van der Waals surface area contributed by atoms with Crippen molar-refractivity contribution in [3.63, 3.8) is 0 Å². The summed E-state index contributed by atoms with van der Waals surface area (Å²) in [7, 11) is -3.81. The Balaban J connectivity index is 1.31. The third-order valence-corrected chi connectivity index (χ3v) is 8.38. The third-order valence-electron chi connectivity index (χ3n) is 6.14. The summed E-state index contributed by atoms with van der Waals surface area (Å²) in [6.07, 6.45) is 3.59. The molecule has 1 aliphatic heterocycles. The Morgan fingerprint density at radius 3 is 2.69 bits per heavy atom. The second-order valence-corrected chi connectivity index (χ2v) is 11.5. The first-order chi connectivity index (χ1) is 17.4. The van der Waals surface area contributed by atoms with Crippen LogP contribution in [0.3, 0.4) is 0 Å². The molecule has 8 nitrogen and oxygen atoms in total. The summed E-state index contributed by atoms with van der Waals surface area (Å²) in [6.45, 7) is 0.353. The Hall–Kier alpha value is -3.14. The first-order valence-electron chi connectivity index (χ1n) is 11.5. The Labute approximate surface area is 217 Å². The molecule has 6 rings (SSSR count). The fourth-order valence-electron chi connectivity index (χ4n) is 4.22. The van der Waals surface area contributed by atoms with Gasteiger partial charge in [-0.2, -0.15) is 4.98 Å². The van der Waals surface area contributed by atoms with Crippen LogP contribution in [0.4, 0.5) is 5.69 Å². The highest BCUT2D eigenvalue weighted by Gasteiger charge is 2.30. The maximum absolute atomic E-state index is 13.4. The number of ether oxygens (including phenoxy) is 1. The zero-order valence-corrected chi connectivity index (χ0v) is 21.2. The third kappa shape index (κ3) is 4.54. The van der Waals surface area contributed by atoms with E-state index in [9.17, 15) is 8.42 Å². The highest BCUT2D eigenvalue weighted by Crippen LogP contribution is 2.40. The largest absolute Gasteiger partial charge is 0.439 e. The number of rotatable bonds is 6. The van der Waals surface area contributed by atoms with Crippen LogP contribution in [0.1, 0.15) is 36.6 Å². The summed E-state index contributed by atoms with van der Waals surface area (Å²) in [5, 5.41) is 4.61. The molecule has 1 fully saturated rings. The van der Waals surface area contributed by atoms with Gasteiger partial charge in [-0.1, -0.05) is 40.5 Å². The number of fused-ring (bicyclic) bond motifs is 1. The maximum atomic E-state index is 13.4. The van der Waals surface area contributed by atoms with Gasteiger partial charge in [0.2, 0.25) is 5.88 Å². The molecule has 1 saturated carbocycles. The average Bonchev–Trinajstić information content (AvgIpc) is 3.59. The Kier molecular flexibility index (Phi) is 5.86. The fourth-order valence-corrected chi connectivity index (χ4v) is 6.25. The first kappa shape index (κ1) is 23.3. The lowest BCUT2D eigenvalue weighted by Crippen LogP contribution is -2.35. The van der Waals surface area contributed by atoms with Crippen LogP contribution >= 0.6 is 23.2 Å². The van der Waals surface area contributed by atoms with Gasteiger partial charge >= 0.3 is 0 Å². The van der Waals surface area contributed by atoms with Crippen molar-refractivity contribution in [2.24, 2.45) is 0 Å². The lowest BCUT2D eigenvalue weighted by atomic mass is 10.0. The summed E-state index contributed by atoms with van der Waals surface area (Å²) in [4.78, 5) is 8.85. The van der Waals surface area contributed by atoms with Gasteiger partial charge < -0.3 is 9.26 Å². The van der Waals surface area contributed by atoms with Crippen LogP contribution in [0.2, 0.25) is 10.2 Å². The van der Waals surface area contributed by atoms with Crippen LogP contribution in [0, 0.1) is 0 Å². The van der Waals surface area contributed by atoms with Gasteiger partial charge in [-0.25, -0.2) is 13.4 Å². The molecule has 0 spiro atoms. The molecule has 0 amide bonds. The molecule has 0 bridgehead atoms. The highest BCUT2D eigenvalue weighted by molar-refractivity contribution is 7.92. The predicted octanol–water partition coefficient (Wildman–Crippen LogP) is 6.25. The quantitative estimate of drug-likeness (QED) is 0.265. The van der Waals surface area contributed by atoms with Crippen LogP contribution < -0.4 is 9.04 Å². The monoisotopic (exact) mass is 542 g/mol. The number of aromatic nitrogens is 3. The van der Waals surface area contributed by atoms with E-state index in [2.05, 4.69) is 15.1 Å². The minimum atomic E-state index is -3.81. The van der Waals surface area contributed by atoms with Gasteiger partial charge in [0, 0.05) is 35.2 Å². The van der Waals surface area contributed by atoms with Crippen molar-refractivity contribution >= 4 is 38.9 Å². The summed E-state index contributed by atoms with van der Waals surface area (Å²) in [5.41, 5.74) is 2.07. The molecule has 36 heavy (non-hydrogen) atoms. The van der Waals surface area contributed by atoms with Gasteiger partial charge in [0.15, 0.2) is 5.82 Å². The van der Waals surface area contributed by atoms with Gasteiger partial charge in [-0.15, -0.1) is 0 Å². The van der Waals surface area contributed by atoms with Gasteiger partial charge in [0.25, 0.3) is 15.9 Å². The zero-order valence-electron chi connectivity index (χ0n) is 18.9. The van der Waals surface area contributed by atoms with E-state index in [4.69, 9.17) is 32.5 Å². The molecule has 0 atom stereocenters. The molecule has 0 N–H and O–H groups in total. The van der Waals surface area contributed by atoms with E-state index in [1.165, 1.54) is 10.4 Å². The van der Waals surface area contributed by atoms with E-state index in [1.807, 2.05) is 6.07 Å². The maximum Gasteiger partial charge on any atom is 0.264 e. The summed E-state index contributed by atoms with van der Waals surface area (Å²) in [6, 6.07) is 14.9. The Morgan fingerprint density at radius 2 is 1.89 bits per heavy atom. The molecular weight excluding hydrogens is 523 g/mol. The minimum Gasteiger partial charge on any atom is -0.439 e. The lowest BCUT2D eigenvalue weighted by Gasteiger charge is -2.30. The van der Waals surface area contributed by atoms with Crippen molar-refractivity contribution in [1.82, 2.24) is 15.1 Å². The second kappa shape index (κ2) is 9.06. The van der Waals surface area contributed by atoms with Crippen molar-refractivity contribution in [1.29, 1.82) is 0 Å². The minimum absolute atomic E-state index is 0.139. The van der Waals surface area contributed by atoms with Crippen LogP contribution in [0.5, 0.6) is 11.6 Å². The van der Waals surface area contributed by atoms with Crippen molar-refractivity contribution < 1.29 is 17.7 Å². The standard InChI is InChI=1S/C25H20Cl2N4O4S/c26-18-4-1-5-20(13-18)36(32,33)31-10-2-3-15-8-9-19(14-21(15)31)34-23-12-17(11-22(27)28-23)25-29-24(30-35-25)16-6-7-16/h1,4-5,8-9,11-14,16H,2-3,6-7,10H2. The van der Waals surface area contributed by atoms with Crippen molar-refractivity contribution in [2.75, 3.05) is 10.8 Å². The van der Waals surface area contributed by atoms with Crippen LogP contribution in [-0.4, -0.2) is 30.1 Å². The van der Waals surface area contributed by atoms with Gasteiger partial charge in [-0.05, 0) is 61.6 Å². The number of aryl methyl sites for hydroxylation is 1. The molecule has 0 saturated heterocycles. The number of anilines is 1. The zero-order chi connectivity index (χ0) is 24.9. The average molecular weight is 543 g/mol. The van der Waals surface area contributed by atoms with Gasteiger partial charge in [0.05, 0.1) is 10.6 Å². The summed E-state index contributed by atoms with van der Waals surface area (Å²) >= 11 is 12.3. The van der Waals surface area contributed by atoms with E-state index in [0.29, 0.717) is 52.6 Å². The van der Waals surface area contributed by atoms with Crippen LogP contribution in [0.15, 0.2) is 64.0 Å². The normalized spacial score (nSPS) is 15.6. The molecule has 3 heterocycles. The van der Waals surface area contributed by atoms with Gasteiger partial charge in [0.1, 0.15) is 10.9 Å². The number of hydrogen-bond acceptors (Lipinski definition) is 7. The van der Waals surface area contributed by atoms with E-state index >= 15 is 0 Å². The first-order valence-corrected chi connectivity index (χ1v) is 13.7. The van der Waals surface area contributed by atoms with Gasteiger partial charge in [-0.3, -0.25) is 4.31 Å². The number of benzene rings is 2. The molecule has 184 valence electrons. The van der Waals surface area contributed by atoms with E-state index < -0.39 is 10.0 Å². The highest BCUT2D eigenvalue weighted by atomic mass is 35.5. The lowest BCUT2D eigenvalue weighted by molar-refractivity contribution is 0.421. The topological polar surface area (TPSA) is 98.4 Å². The molecule has 11 heteroatoms. The van der Waals surface area contributed by atoms with Crippen molar-refractivity contribution in [3.8, 4) is 23.1 Å². The molecule has 2 aromatic heterocycles. The number of nitrogens with zero attached hydrogens (tertiary/aromatic N) is 4. The van der Waals surface area contributed by atoms with Crippen LogP contribution in [-0.2, 0) is 16.4 Å². The predicted molar refractivity (Wildman–Crippen MR) is 135 cm³/mol. The number of pyridine rings is 1. The van der Waals surface area contributed by atoms with E-state index in [-0.39, 0.29) is 15.9 Å². The molecule has 2 aliphatic rings. The molecular formula is C25H20Cl2N4O4S. The van der Waals surface area contributed by atoms with Crippen molar-refractivity contribution in [3.05, 3.63) is 76.2 Å². The molecule has 0 radical (unpaired) electrons. The Bertz CT molecular complexity index is 1570. The van der Waals surface area contributed by atoms with E-state index in [0.717, 1.165) is 24.8 Å². The van der Waals surface area contributed by atoms with Crippen molar-refractivity contribution in [2.45, 2.75) is 36.5 Å². The molecule has 4 aromatic rings. The fraction of sp³-hybridized carbons (Fsp3) is 0.240. The smallest absolute Gasteiger partial charge is 0.264 e. The number of hydrogen-bond donors (Lipinski definition) is 0. The van der Waals surface area contributed by atoms with Crippen LogP contribution in [0.25, 0.3) is 11.5 Å². The SMILES string of the molecule is O=S(=O)(c1cccc(Cl)c1)N1CCCc2ccc(Oc3cc(-c4nc(C5CC5)no4)cc(Cl)n3)cc21. The molecule has 1 aliphatic carbocycles. The van der Waals surface area contributed by atoms with E-state index in [1.54, 1.807) is 42.5 Å². The second-order valence-electron chi connectivity index (χ2n) is 8.78.